The molecule has 0 aliphatic carbocycles. The van der Waals surface area contributed by atoms with Crippen LogP contribution in [0, 0.1) is 12.8 Å². The van der Waals surface area contributed by atoms with Crippen molar-refractivity contribution in [3.05, 3.63) is 29.3 Å². The maximum absolute atomic E-state index is 12.3. The molecule has 1 aromatic rings. The molecule has 1 aliphatic heterocycles. The van der Waals surface area contributed by atoms with Crippen molar-refractivity contribution in [2.24, 2.45) is 11.7 Å². The van der Waals surface area contributed by atoms with E-state index in [0.29, 0.717) is 24.5 Å². The number of hydrogen-bond acceptors (Lipinski definition) is 5. The van der Waals surface area contributed by atoms with Crippen molar-refractivity contribution in [1.82, 2.24) is 0 Å². The molecule has 1 heterocycles. The van der Waals surface area contributed by atoms with E-state index in [1.807, 2.05) is 6.92 Å². The number of rotatable bonds is 4. The first-order valence-electron chi connectivity index (χ1n) is 7.36. The number of aryl methyl sites for hydroxylation is 1. The first-order chi connectivity index (χ1) is 10.5. The van der Waals surface area contributed by atoms with E-state index in [9.17, 15) is 9.59 Å². The van der Waals surface area contributed by atoms with Crippen LogP contribution >= 0.6 is 0 Å². The lowest BCUT2D eigenvalue weighted by atomic mass is 9.91. The minimum atomic E-state index is -0.579. The Hall–Kier alpha value is -1.92. The van der Waals surface area contributed by atoms with Gasteiger partial charge in [0.25, 0.3) is 0 Å². The second-order valence-corrected chi connectivity index (χ2v) is 5.49. The lowest BCUT2D eigenvalue weighted by Gasteiger charge is -2.27. The molecule has 0 spiro atoms. The van der Waals surface area contributed by atoms with Gasteiger partial charge in [0, 0.05) is 18.9 Å². The summed E-state index contributed by atoms with van der Waals surface area (Å²) >= 11 is 0. The number of carbonyl (C=O) groups excluding carboxylic acids is 2. The molecule has 2 rings (SSSR count). The highest BCUT2D eigenvalue weighted by Gasteiger charge is 2.27. The van der Waals surface area contributed by atoms with Crippen LogP contribution in [0.1, 0.15) is 28.8 Å². The summed E-state index contributed by atoms with van der Waals surface area (Å²) in [4.78, 5) is 23.9. The molecule has 6 nitrogen and oxygen atoms in total. The van der Waals surface area contributed by atoms with Gasteiger partial charge in [-0.25, -0.2) is 4.79 Å². The number of amides is 1. The highest BCUT2D eigenvalue weighted by Crippen LogP contribution is 2.21. The van der Waals surface area contributed by atoms with Gasteiger partial charge in [-0.3, -0.25) is 4.79 Å². The van der Waals surface area contributed by atoms with E-state index in [4.69, 9.17) is 10.5 Å². The Kier molecular flexibility index (Phi) is 5.51. The fraction of sp³-hybridized carbons (Fsp3) is 0.500. The fourth-order valence-electron chi connectivity index (χ4n) is 2.51. The summed E-state index contributed by atoms with van der Waals surface area (Å²) in [7, 11) is 1.32. The lowest BCUT2D eigenvalue weighted by molar-refractivity contribution is -0.119. The van der Waals surface area contributed by atoms with Crippen molar-refractivity contribution in [3.63, 3.8) is 0 Å². The van der Waals surface area contributed by atoms with Crippen molar-refractivity contribution < 1.29 is 19.1 Å². The van der Waals surface area contributed by atoms with Gasteiger partial charge >= 0.3 is 5.97 Å². The molecule has 3 N–H and O–H groups in total. The monoisotopic (exact) mass is 306 g/mol. The zero-order valence-corrected chi connectivity index (χ0v) is 12.9. The minimum absolute atomic E-state index is 0.123. The Balaban J connectivity index is 2.08. The van der Waals surface area contributed by atoms with E-state index in [1.54, 1.807) is 18.2 Å². The van der Waals surface area contributed by atoms with Gasteiger partial charge < -0.3 is 20.5 Å². The first-order valence-corrected chi connectivity index (χ1v) is 7.36. The fourth-order valence-corrected chi connectivity index (χ4v) is 2.51. The van der Waals surface area contributed by atoms with Crippen LogP contribution in [0.5, 0.6) is 0 Å². The van der Waals surface area contributed by atoms with Crippen molar-refractivity contribution in [2.45, 2.75) is 25.8 Å². The zero-order chi connectivity index (χ0) is 16.1. The Morgan fingerprint density at radius 2 is 2.05 bits per heavy atom. The normalized spacial score (nSPS) is 16.9. The van der Waals surface area contributed by atoms with Crippen LogP contribution < -0.4 is 11.1 Å². The number of benzene rings is 1. The standard InChI is InChI=1S/C16H22N2O4/c1-10-3-4-12(16(20)21-2)9-13(10)18-15(19)14(17)11-5-7-22-8-6-11/h3-4,9,11,14H,5-8,17H2,1-2H3,(H,18,19). The summed E-state index contributed by atoms with van der Waals surface area (Å²) in [5, 5.41) is 2.81. The summed E-state index contributed by atoms with van der Waals surface area (Å²) in [6.07, 6.45) is 1.57. The molecule has 0 aromatic heterocycles. The maximum Gasteiger partial charge on any atom is 0.337 e. The molecule has 1 fully saturated rings. The van der Waals surface area contributed by atoms with Crippen molar-refractivity contribution in [1.29, 1.82) is 0 Å². The van der Waals surface area contributed by atoms with E-state index in [2.05, 4.69) is 10.1 Å². The van der Waals surface area contributed by atoms with E-state index in [-0.39, 0.29) is 11.8 Å². The topological polar surface area (TPSA) is 90.7 Å². The summed E-state index contributed by atoms with van der Waals surface area (Å²) in [5.41, 5.74) is 7.89. The van der Waals surface area contributed by atoms with Crippen molar-refractivity contribution in [3.8, 4) is 0 Å². The Morgan fingerprint density at radius 1 is 1.36 bits per heavy atom. The number of methoxy groups -OCH3 is 1. The average molecular weight is 306 g/mol. The molecular weight excluding hydrogens is 284 g/mol. The first kappa shape index (κ1) is 16.5. The highest BCUT2D eigenvalue weighted by molar-refractivity contribution is 5.97. The van der Waals surface area contributed by atoms with E-state index in [0.717, 1.165) is 18.4 Å². The van der Waals surface area contributed by atoms with Crippen LogP contribution in [0.25, 0.3) is 0 Å². The molecule has 0 radical (unpaired) electrons. The number of carbonyl (C=O) groups is 2. The summed E-state index contributed by atoms with van der Waals surface area (Å²) in [5.74, 6) is -0.556. The average Bonchev–Trinajstić information content (AvgIpc) is 2.56. The summed E-state index contributed by atoms with van der Waals surface area (Å²) in [6, 6.07) is 4.46. The Bertz CT molecular complexity index is 553. The van der Waals surface area contributed by atoms with Gasteiger partial charge in [-0.2, -0.15) is 0 Å². The van der Waals surface area contributed by atoms with Gasteiger partial charge in [0.05, 0.1) is 18.7 Å². The third-order valence-corrected chi connectivity index (χ3v) is 3.99. The molecule has 1 atom stereocenters. The second kappa shape index (κ2) is 7.38. The molecule has 120 valence electrons. The predicted molar refractivity (Wildman–Crippen MR) is 82.7 cm³/mol. The predicted octanol–water partition coefficient (Wildman–Crippen LogP) is 1.47. The number of esters is 1. The van der Waals surface area contributed by atoms with Crippen LogP contribution in [-0.4, -0.2) is 38.2 Å². The number of hydrogen-bond donors (Lipinski definition) is 2. The highest BCUT2D eigenvalue weighted by atomic mass is 16.5. The third-order valence-electron chi connectivity index (χ3n) is 3.99. The zero-order valence-electron chi connectivity index (χ0n) is 12.9. The van der Waals surface area contributed by atoms with Gasteiger partial charge in [-0.1, -0.05) is 6.07 Å². The van der Waals surface area contributed by atoms with Crippen LogP contribution in [0.3, 0.4) is 0 Å². The van der Waals surface area contributed by atoms with Gasteiger partial charge in [-0.15, -0.1) is 0 Å². The molecule has 0 saturated carbocycles. The quantitative estimate of drug-likeness (QED) is 0.822. The molecule has 1 unspecified atom stereocenters. The largest absolute Gasteiger partial charge is 0.465 e. The Labute approximate surface area is 130 Å². The number of nitrogens with one attached hydrogen (secondary N) is 1. The molecule has 1 saturated heterocycles. The molecule has 1 aromatic carbocycles. The van der Waals surface area contributed by atoms with Gasteiger partial charge in [-0.05, 0) is 43.4 Å². The molecule has 1 aliphatic rings. The number of ether oxygens (including phenoxy) is 2. The maximum atomic E-state index is 12.3. The second-order valence-electron chi connectivity index (χ2n) is 5.49. The van der Waals surface area contributed by atoms with Crippen LogP contribution in [0.15, 0.2) is 18.2 Å². The van der Waals surface area contributed by atoms with Crippen molar-refractivity contribution >= 4 is 17.6 Å². The van der Waals surface area contributed by atoms with Crippen LogP contribution in [0.2, 0.25) is 0 Å². The van der Waals surface area contributed by atoms with Crippen LogP contribution in [0.4, 0.5) is 5.69 Å². The molecule has 22 heavy (non-hydrogen) atoms. The lowest BCUT2D eigenvalue weighted by Crippen LogP contribution is -2.44. The van der Waals surface area contributed by atoms with Crippen LogP contribution in [-0.2, 0) is 14.3 Å². The van der Waals surface area contributed by atoms with Gasteiger partial charge in [0.1, 0.15) is 0 Å². The van der Waals surface area contributed by atoms with E-state index >= 15 is 0 Å². The third kappa shape index (κ3) is 3.84. The minimum Gasteiger partial charge on any atom is -0.465 e. The smallest absolute Gasteiger partial charge is 0.337 e. The van der Waals surface area contributed by atoms with Crippen molar-refractivity contribution in [2.75, 3.05) is 25.6 Å². The molecule has 0 bridgehead atoms. The Morgan fingerprint density at radius 3 is 2.68 bits per heavy atom. The summed E-state index contributed by atoms with van der Waals surface area (Å²) < 4.78 is 9.97. The SMILES string of the molecule is COC(=O)c1ccc(C)c(NC(=O)C(N)C2CCOCC2)c1. The molecule has 6 heteroatoms. The van der Waals surface area contributed by atoms with E-state index < -0.39 is 12.0 Å². The number of anilines is 1. The van der Waals surface area contributed by atoms with Gasteiger partial charge in [0.15, 0.2) is 0 Å². The summed E-state index contributed by atoms with van der Waals surface area (Å²) in [6.45, 7) is 3.14. The molecule has 1 amide bonds. The van der Waals surface area contributed by atoms with Gasteiger partial charge in [0.2, 0.25) is 5.91 Å². The van der Waals surface area contributed by atoms with E-state index in [1.165, 1.54) is 7.11 Å². The molecular formula is C16H22N2O4. The number of nitrogens with two attached hydrogens (primary N) is 1.